The van der Waals surface area contributed by atoms with Crippen molar-refractivity contribution in [1.82, 2.24) is 20.4 Å². The second kappa shape index (κ2) is 7.88. The Morgan fingerprint density at radius 1 is 1.21 bits per heavy atom. The molecule has 0 radical (unpaired) electrons. The molecule has 1 aromatic rings. The lowest BCUT2D eigenvalue weighted by Gasteiger charge is -2.32. The number of piperidine rings is 1. The third kappa shape index (κ3) is 3.86. The van der Waals surface area contributed by atoms with E-state index in [2.05, 4.69) is 10.6 Å². The fraction of sp³-hybridized carbons (Fsp3) is 0.600. The number of hydrogen-bond acceptors (Lipinski definition) is 5. The van der Waals surface area contributed by atoms with E-state index in [1.54, 1.807) is 11.0 Å². The number of nitrogens with zero attached hydrogens (tertiary/aromatic N) is 2. The van der Waals surface area contributed by atoms with Crippen LogP contribution < -0.4 is 10.6 Å². The average Bonchev–Trinajstić information content (AvgIpc) is 3.44. The van der Waals surface area contributed by atoms with E-state index in [1.807, 2.05) is 0 Å². The van der Waals surface area contributed by atoms with Gasteiger partial charge in [-0.05, 0) is 31.7 Å². The number of hydrogen-bond donors (Lipinski definition) is 2. The van der Waals surface area contributed by atoms with Gasteiger partial charge in [0.2, 0.25) is 5.91 Å². The van der Waals surface area contributed by atoms with Crippen LogP contribution in [0, 0.1) is 0 Å². The number of nitrogens with one attached hydrogen (secondary N) is 2. The third-order valence-corrected chi connectivity index (χ3v) is 6.18. The number of likely N-dealkylation sites (tertiary alicyclic amines) is 1. The average molecular weight is 402 g/mol. The van der Waals surface area contributed by atoms with Crippen LogP contribution in [0.4, 0.5) is 4.79 Å². The molecule has 3 aliphatic rings. The van der Waals surface area contributed by atoms with Gasteiger partial charge in [0.05, 0.1) is 11.8 Å². The van der Waals surface area contributed by atoms with Gasteiger partial charge >= 0.3 is 6.03 Å². The van der Waals surface area contributed by atoms with E-state index in [0.29, 0.717) is 44.3 Å². The number of furan rings is 1. The molecule has 9 heteroatoms. The Morgan fingerprint density at radius 3 is 2.59 bits per heavy atom. The molecule has 0 unspecified atom stereocenters. The highest BCUT2D eigenvalue weighted by molar-refractivity contribution is 6.07. The minimum atomic E-state index is -0.734. The highest BCUT2D eigenvalue weighted by Gasteiger charge is 2.52. The first-order valence-corrected chi connectivity index (χ1v) is 10.2. The van der Waals surface area contributed by atoms with E-state index < -0.39 is 11.6 Å². The van der Waals surface area contributed by atoms with Gasteiger partial charge in [0.1, 0.15) is 11.8 Å². The summed E-state index contributed by atoms with van der Waals surface area (Å²) in [7, 11) is 0. The van der Waals surface area contributed by atoms with Crippen LogP contribution in [0.2, 0.25) is 0 Å². The van der Waals surface area contributed by atoms with Gasteiger partial charge in [-0.25, -0.2) is 4.79 Å². The summed E-state index contributed by atoms with van der Waals surface area (Å²) in [6.07, 6.45) is 7.55. The van der Waals surface area contributed by atoms with Crippen molar-refractivity contribution in [3.63, 3.8) is 0 Å². The first-order valence-electron chi connectivity index (χ1n) is 10.2. The van der Waals surface area contributed by atoms with Crippen LogP contribution in [0.5, 0.6) is 0 Å². The summed E-state index contributed by atoms with van der Waals surface area (Å²) in [5.41, 5.74) is -0.205. The summed E-state index contributed by atoms with van der Waals surface area (Å²) in [6, 6.07) is 1.23. The Hall–Kier alpha value is -2.84. The molecule has 3 fully saturated rings. The quantitative estimate of drug-likeness (QED) is 0.720. The molecule has 3 heterocycles. The third-order valence-electron chi connectivity index (χ3n) is 6.18. The van der Waals surface area contributed by atoms with Gasteiger partial charge in [0.15, 0.2) is 0 Å². The molecule has 9 nitrogen and oxygen atoms in total. The van der Waals surface area contributed by atoms with Gasteiger partial charge in [-0.3, -0.25) is 19.3 Å². The molecule has 29 heavy (non-hydrogen) atoms. The molecule has 0 atom stereocenters. The molecule has 2 N–H and O–H groups in total. The van der Waals surface area contributed by atoms with Gasteiger partial charge < -0.3 is 20.0 Å². The monoisotopic (exact) mass is 402 g/mol. The van der Waals surface area contributed by atoms with Crippen LogP contribution in [0.3, 0.4) is 0 Å². The largest absolute Gasteiger partial charge is 0.472 e. The summed E-state index contributed by atoms with van der Waals surface area (Å²) >= 11 is 0. The number of carbonyl (C=O) groups is 4. The summed E-state index contributed by atoms with van der Waals surface area (Å²) < 4.78 is 4.95. The number of rotatable bonds is 5. The van der Waals surface area contributed by atoms with Crippen LogP contribution in [0.15, 0.2) is 23.0 Å². The van der Waals surface area contributed by atoms with Crippen LogP contribution in [0.1, 0.15) is 55.3 Å². The Balaban J connectivity index is 1.21. The first-order chi connectivity index (χ1) is 14.0. The second-order valence-electron chi connectivity index (χ2n) is 8.07. The number of amides is 5. The lowest BCUT2D eigenvalue weighted by Crippen LogP contribution is -2.47. The second-order valence-corrected chi connectivity index (χ2v) is 8.07. The molecule has 1 saturated carbocycles. The predicted octanol–water partition coefficient (Wildman–Crippen LogP) is 1.26. The Bertz CT molecular complexity index is 792. The Labute approximate surface area is 168 Å². The molecule has 4 rings (SSSR count). The van der Waals surface area contributed by atoms with Gasteiger partial charge in [-0.15, -0.1) is 0 Å². The fourth-order valence-corrected chi connectivity index (χ4v) is 4.51. The maximum Gasteiger partial charge on any atom is 0.325 e. The predicted molar refractivity (Wildman–Crippen MR) is 102 cm³/mol. The van der Waals surface area contributed by atoms with Crippen molar-refractivity contribution in [2.45, 2.75) is 56.5 Å². The van der Waals surface area contributed by atoms with Crippen molar-refractivity contribution in [3.05, 3.63) is 24.2 Å². The molecular formula is C20H26N4O5. The van der Waals surface area contributed by atoms with E-state index in [4.69, 9.17) is 4.42 Å². The lowest BCUT2D eigenvalue weighted by atomic mass is 9.98. The van der Waals surface area contributed by atoms with Crippen LogP contribution in [-0.2, 0) is 9.59 Å². The van der Waals surface area contributed by atoms with Crippen molar-refractivity contribution in [3.8, 4) is 0 Å². The summed E-state index contributed by atoms with van der Waals surface area (Å²) in [4.78, 5) is 52.3. The van der Waals surface area contributed by atoms with E-state index >= 15 is 0 Å². The molecule has 0 aromatic carbocycles. The van der Waals surface area contributed by atoms with Crippen LogP contribution in [-0.4, -0.2) is 64.8 Å². The summed E-state index contributed by atoms with van der Waals surface area (Å²) in [5.74, 6) is -0.445. The first kappa shape index (κ1) is 19.5. The summed E-state index contributed by atoms with van der Waals surface area (Å²) in [6.45, 7) is 1.21. The van der Waals surface area contributed by atoms with Crippen LogP contribution >= 0.6 is 0 Å². The van der Waals surface area contributed by atoms with Gasteiger partial charge in [-0.2, -0.15) is 0 Å². The molecule has 5 amide bonds. The minimum absolute atomic E-state index is 0.0137. The number of urea groups is 1. The van der Waals surface area contributed by atoms with Gasteiger partial charge in [0, 0.05) is 32.1 Å². The van der Waals surface area contributed by atoms with Crippen molar-refractivity contribution in [1.29, 1.82) is 0 Å². The Morgan fingerprint density at radius 2 is 1.93 bits per heavy atom. The molecule has 2 aliphatic heterocycles. The zero-order valence-corrected chi connectivity index (χ0v) is 16.3. The molecule has 1 spiro atoms. The fourth-order valence-electron chi connectivity index (χ4n) is 4.51. The topological polar surface area (TPSA) is 112 Å². The van der Waals surface area contributed by atoms with E-state index in [0.717, 1.165) is 12.8 Å². The molecule has 156 valence electrons. The number of carbonyl (C=O) groups excluding carboxylic acids is 4. The van der Waals surface area contributed by atoms with Crippen molar-refractivity contribution < 1.29 is 23.6 Å². The highest BCUT2D eigenvalue weighted by Crippen LogP contribution is 2.35. The van der Waals surface area contributed by atoms with Crippen molar-refractivity contribution >= 4 is 23.8 Å². The van der Waals surface area contributed by atoms with E-state index in [1.165, 1.54) is 17.4 Å². The van der Waals surface area contributed by atoms with E-state index in [-0.39, 0.29) is 36.7 Å². The number of imide groups is 1. The van der Waals surface area contributed by atoms with Crippen molar-refractivity contribution in [2.75, 3.05) is 19.6 Å². The van der Waals surface area contributed by atoms with Gasteiger partial charge in [0.25, 0.3) is 11.8 Å². The molecule has 1 aromatic heterocycles. The Kier molecular flexibility index (Phi) is 5.29. The standard InChI is InChI=1S/C20H26N4O5/c25-16(5-11-24-18(27)20(22-19(24)28)7-1-2-8-20)21-15-3-9-23(10-4-15)17(26)14-6-12-29-13-14/h6,12-13,15H,1-5,7-11H2,(H,21,25)(H,22,28). The van der Waals surface area contributed by atoms with Crippen molar-refractivity contribution in [2.24, 2.45) is 0 Å². The molecule has 1 aliphatic carbocycles. The maximum atomic E-state index is 12.6. The minimum Gasteiger partial charge on any atom is -0.472 e. The molecule has 2 saturated heterocycles. The summed E-state index contributed by atoms with van der Waals surface area (Å²) in [5, 5.41) is 5.79. The normalized spacial score (nSPS) is 21.7. The smallest absolute Gasteiger partial charge is 0.325 e. The van der Waals surface area contributed by atoms with E-state index in [9.17, 15) is 19.2 Å². The van der Waals surface area contributed by atoms with Gasteiger partial charge in [-0.1, -0.05) is 12.8 Å². The van der Waals surface area contributed by atoms with Crippen LogP contribution in [0.25, 0.3) is 0 Å². The maximum absolute atomic E-state index is 12.6. The molecular weight excluding hydrogens is 376 g/mol. The SMILES string of the molecule is O=C(CCN1C(=O)NC2(CCCC2)C1=O)NC1CCN(C(=O)c2ccoc2)CC1. The zero-order chi connectivity index (χ0) is 20.4. The molecule has 0 bridgehead atoms. The zero-order valence-electron chi connectivity index (χ0n) is 16.3. The lowest BCUT2D eigenvalue weighted by molar-refractivity contribution is -0.131. The highest BCUT2D eigenvalue weighted by atomic mass is 16.3.